The van der Waals surface area contributed by atoms with Crippen molar-refractivity contribution in [3.63, 3.8) is 0 Å². The number of hydrogen-bond acceptors (Lipinski definition) is 3. The summed E-state index contributed by atoms with van der Waals surface area (Å²) >= 11 is 1.70. The van der Waals surface area contributed by atoms with Crippen molar-refractivity contribution in [1.82, 2.24) is 0 Å². The van der Waals surface area contributed by atoms with Gasteiger partial charge in [-0.3, -0.25) is 0 Å². The number of rotatable bonds is 5. The monoisotopic (exact) mass is 238 g/mol. The molecule has 1 N–H and O–H groups in total. The third kappa shape index (κ3) is 3.00. The van der Waals surface area contributed by atoms with E-state index in [1.165, 1.54) is 35.3 Å². The van der Waals surface area contributed by atoms with Crippen molar-refractivity contribution in [1.29, 1.82) is 0 Å². The van der Waals surface area contributed by atoms with Crippen LogP contribution < -0.4 is 0 Å². The normalized spacial score (nSPS) is 16.1. The van der Waals surface area contributed by atoms with Crippen LogP contribution in [0.15, 0.2) is 23.1 Å². The number of benzene rings is 1. The Hall–Kier alpha value is -0.510. The highest BCUT2D eigenvalue weighted by Gasteiger charge is 2.11. The molecule has 1 aliphatic carbocycles. The molecule has 0 spiro atoms. The van der Waals surface area contributed by atoms with Gasteiger partial charge in [0.05, 0.1) is 12.7 Å². The quantitative estimate of drug-likeness (QED) is 0.798. The highest BCUT2D eigenvalue weighted by Crippen LogP contribution is 2.27. The van der Waals surface area contributed by atoms with E-state index < -0.39 is 0 Å². The van der Waals surface area contributed by atoms with Crippen molar-refractivity contribution in [2.24, 2.45) is 0 Å². The van der Waals surface area contributed by atoms with Gasteiger partial charge < -0.3 is 9.84 Å². The molecule has 2 nitrogen and oxygen atoms in total. The number of fused-ring (bicyclic) bond motifs is 1. The van der Waals surface area contributed by atoms with Gasteiger partial charge in [-0.25, -0.2) is 0 Å². The van der Waals surface area contributed by atoms with E-state index >= 15 is 0 Å². The summed E-state index contributed by atoms with van der Waals surface area (Å²) in [6, 6.07) is 6.66. The average molecular weight is 238 g/mol. The first-order chi connectivity index (χ1) is 7.79. The lowest BCUT2D eigenvalue weighted by Gasteiger charge is -2.09. The second-order valence-corrected chi connectivity index (χ2v) is 5.30. The molecule has 1 atom stereocenters. The van der Waals surface area contributed by atoms with Crippen LogP contribution in [0.3, 0.4) is 0 Å². The SMILES string of the molecule is COCC(O)CSc1ccc2c(c1)CCC2. The van der Waals surface area contributed by atoms with E-state index in [4.69, 9.17) is 4.74 Å². The Balaban J connectivity index is 1.90. The Morgan fingerprint density at radius 2 is 2.19 bits per heavy atom. The van der Waals surface area contributed by atoms with Gasteiger partial charge in [0.2, 0.25) is 0 Å². The van der Waals surface area contributed by atoms with E-state index in [1.807, 2.05) is 0 Å². The van der Waals surface area contributed by atoms with Crippen LogP contribution in [0.5, 0.6) is 0 Å². The first-order valence-electron chi connectivity index (χ1n) is 5.71. The van der Waals surface area contributed by atoms with Gasteiger partial charge in [-0.2, -0.15) is 0 Å². The topological polar surface area (TPSA) is 29.5 Å². The molecule has 0 aromatic heterocycles. The van der Waals surface area contributed by atoms with Crippen LogP contribution in [0.25, 0.3) is 0 Å². The Morgan fingerprint density at radius 1 is 1.38 bits per heavy atom. The maximum absolute atomic E-state index is 9.56. The molecular formula is C13H18O2S. The Labute approximate surface area is 101 Å². The molecule has 0 fully saturated rings. The summed E-state index contributed by atoms with van der Waals surface area (Å²) in [7, 11) is 1.61. The van der Waals surface area contributed by atoms with E-state index in [1.54, 1.807) is 18.9 Å². The highest BCUT2D eigenvalue weighted by atomic mass is 32.2. The number of aryl methyl sites for hydroxylation is 2. The van der Waals surface area contributed by atoms with Gasteiger partial charge in [-0.1, -0.05) is 6.07 Å². The summed E-state index contributed by atoms with van der Waals surface area (Å²) < 4.78 is 4.90. The Bertz CT molecular complexity index is 352. The zero-order valence-corrected chi connectivity index (χ0v) is 10.4. The molecule has 0 amide bonds. The minimum absolute atomic E-state index is 0.372. The van der Waals surface area contributed by atoms with Gasteiger partial charge in [-0.15, -0.1) is 11.8 Å². The number of ether oxygens (including phenoxy) is 1. The van der Waals surface area contributed by atoms with Gasteiger partial charge in [-0.05, 0) is 42.5 Å². The summed E-state index contributed by atoms with van der Waals surface area (Å²) in [4.78, 5) is 1.26. The Kier molecular flexibility index (Phi) is 4.27. The predicted octanol–water partition coefficient (Wildman–Crippen LogP) is 2.27. The molecule has 0 saturated carbocycles. The fourth-order valence-corrected chi connectivity index (χ4v) is 2.94. The van der Waals surface area contributed by atoms with Gasteiger partial charge in [0.15, 0.2) is 0 Å². The Morgan fingerprint density at radius 3 is 3.00 bits per heavy atom. The number of thioether (sulfide) groups is 1. The smallest absolute Gasteiger partial charge is 0.0867 e. The largest absolute Gasteiger partial charge is 0.390 e. The summed E-state index contributed by atoms with van der Waals surface area (Å²) in [5.41, 5.74) is 2.99. The molecule has 0 saturated heterocycles. The molecular weight excluding hydrogens is 220 g/mol. The standard InChI is InChI=1S/C13H18O2S/c1-15-8-12(14)9-16-13-6-5-10-3-2-4-11(10)7-13/h5-7,12,14H,2-4,8-9H2,1H3. The van der Waals surface area contributed by atoms with Crippen LogP contribution >= 0.6 is 11.8 Å². The fraction of sp³-hybridized carbons (Fsp3) is 0.538. The van der Waals surface area contributed by atoms with Crippen LogP contribution in [0.4, 0.5) is 0 Å². The highest BCUT2D eigenvalue weighted by molar-refractivity contribution is 7.99. The molecule has 16 heavy (non-hydrogen) atoms. The zero-order valence-electron chi connectivity index (χ0n) is 9.61. The van der Waals surface area contributed by atoms with Crippen LogP contribution in [-0.2, 0) is 17.6 Å². The van der Waals surface area contributed by atoms with Crippen molar-refractivity contribution >= 4 is 11.8 Å². The third-order valence-corrected chi connectivity index (χ3v) is 4.01. The van der Waals surface area contributed by atoms with Crippen molar-refractivity contribution in [3.8, 4) is 0 Å². The van der Waals surface area contributed by atoms with Gasteiger partial charge in [0.25, 0.3) is 0 Å². The minimum atomic E-state index is -0.372. The fourth-order valence-electron chi connectivity index (χ4n) is 2.07. The summed E-state index contributed by atoms with van der Waals surface area (Å²) in [5.74, 6) is 0.701. The van der Waals surface area contributed by atoms with E-state index in [0.29, 0.717) is 12.4 Å². The average Bonchev–Trinajstić information content (AvgIpc) is 2.74. The molecule has 3 heteroatoms. The zero-order chi connectivity index (χ0) is 11.4. The molecule has 0 bridgehead atoms. The van der Waals surface area contributed by atoms with Gasteiger partial charge >= 0.3 is 0 Å². The molecule has 0 radical (unpaired) electrons. The second-order valence-electron chi connectivity index (χ2n) is 4.20. The second kappa shape index (κ2) is 5.71. The first kappa shape index (κ1) is 12.0. The first-order valence-corrected chi connectivity index (χ1v) is 6.70. The van der Waals surface area contributed by atoms with Crippen LogP contribution in [-0.4, -0.2) is 30.7 Å². The molecule has 1 aromatic carbocycles. The van der Waals surface area contributed by atoms with Crippen molar-refractivity contribution in [2.75, 3.05) is 19.5 Å². The predicted molar refractivity (Wildman–Crippen MR) is 67.1 cm³/mol. The van der Waals surface area contributed by atoms with Crippen LogP contribution in [0.2, 0.25) is 0 Å². The minimum Gasteiger partial charge on any atom is -0.390 e. The maximum Gasteiger partial charge on any atom is 0.0867 e. The van der Waals surface area contributed by atoms with E-state index in [2.05, 4.69) is 18.2 Å². The van der Waals surface area contributed by atoms with Gasteiger partial charge in [0, 0.05) is 17.8 Å². The summed E-state index contributed by atoms with van der Waals surface area (Å²) in [6.07, 6.45) is 3.36. The number of methoxy groups -OCH3 is 1. The van der Waals surface area contributed by atoms with E-state index in [0.717, 1.165) is 0 Å². The molecule has 1 aromatic rings. The maximum atomic E-state index is 9.56. The third-order valence-electron chi connectivity index (χ3n) is 2.87. The van der Waals surface area contributed by atoms with Crippen molar-refractivity contribution in [2.45, 2.75) is 30.3 Å². The molecule has 88 valence electrons. The van der Waals surface area contributed by atoms with E-state index in [9.17, 15) is 5.11 Å². The lowest BCUT2D eigenvalue weighted by molar-refractivity contribution is 0.0794. The van der Waals surface area contributed by atoms with Crippen molar-refractivity contribution in [3.05, 3.63) is 29.3 Å². The van der Waals surface area contributed by atoms with Crippen molar-refractivity contribution < 1.29 is 9.84 Å². The summed E-state index contributed by atoms with van der Waals surface area (Å²) in [5, 5.41) is 9.56. The summed E-state index contributed by atoms with van der Waals surface area (Å²) in [6.45, 7) is 0.415. The molecule has 2 rings (SSSR count). The van der Waals surface area contributed by atoms with Crippen LogP contribution in [0, 0.1) is 0 Å². The molecule has 1 unspecified atom stereocenters. The molecule has 0 aliphatic heterocycles. The van der Waals surface area contributed by atoms with E-state index in [-0.39, 0.29) is 6.10 Å². The number of hydrogen-bond donors (Lipinski definition) is 1. The van der Waals surface area contributed by atoms with Gasteiger partial charge in [0.1, 0.15) is 0 Å². The van der Waals surface area contributed by atoms with Crippen LogP contribution in [0.1, 0.15) is 17.5 Å². The lowest BCUT2D eigenvalue weighted by atomic mass is 10.1. The molecule has 1 aliphatic rings. The number of aliphatic hydroxyl groups is 1. The molecule has 0 heterocycles. The lowest BCUT2D eigenvalue weighted by Crippen LogP contribution is -2.16. The number of aliphatic hydroxyl groups excluding tert-OH is 1.